The van der Waals surface area contributed by atoms with E-state index < -0.39 is 0 Å². The molecule has 0 saturated carbocycles. The van der Waals surface area contributed by atoms with Crippen LogP contribution in [0.3, 0.4) is 0 Å². The van der Waals surface area contributed by atoms with E-state index in [9.17, 15) is 0 Å². The van der Waals surface area contributed by atoms with E-state index in [-0.39, 0.29) is 0 Å². The van der Waals surface area contributed by atoms with E-state index in [1.807, 2.05) is 0 Å². The number of hydrogen-bond acceptors (Lipinski definition) is 2. The first-order valence-electron chi connectivity index (χ1n) is 6.88. The molecule has 0 heterocycles. The fourth-order valence-corrected chi connectivity index (χ4v) is 2.28. The number of nitrogens with zero attached hydrogens (tertiary/aromatic N) is 1. The summed E-state index contributed by atoms with van der Waals surface area (Å²) in [5, 5.41) is 0. The highest BCUT2D eigenvalue weighted by molar-refractivity contribution is 5.30. The summed E-state index contributed by atoms with van der Waals surface area (Å²) in [5.74, 6) is 1.23. The highest BCUT2D eigenvalue weighted by Crippen LogP contribution is 2.15. The fourth-order valence-electron chi connectivity index (χ4n) is 2.28. The molecular weight excluding hydrogens is 220 g/mol. The Morgan fingerprint density at radius 3 is 2.44 bits per heavy atom. The van der Waals surface area contributed by atoms with Gasteiger partial charge < -0.3 is 10.6 Å². The van der Waals surface area contributed by atoms with Gasteiger partial charge in [-0.25, -0.2) is 0 Å². The van der Waals surface area contributed by atoms with Crippen LogP contribution in [0.1, 0.15) is 30.5 Å². The molecule has 1 aromatic carbocycles. The molecule has 2 heteroatoms. The maximum absolute atomic E-state index is 5.84. The summed E-state index contributed by atoms with van der Waals surface area (Å²) in [7, 11) is 2.19. The van der Waals surface area contributed by atoms with Gasteiger partial charge >= 0.3 is 0 Å². The number of benzene rings is 1. The third-order valence-corrected chi connectivity index (χ3v) is 3.74. The lowest BCUT2D eigenvalue weighted by atomic mass is 9.95. The van der Waals surface area contributed by atoms with Crippen molar-refractivity contribution in [3.05, 3.63) is 34.9 Å². The summed E-state index contributed by atoms with van der Waals surface area (Å²) < 4.78 is 0. The lowest BCUT2D eigenvalue weighted by molar-refractivity contribution is 0.234. The van der Waals surface area contributed by atoms with Crippen molar-refractivity contribution in [1.82, 2.24) is 4.90 Å². The maximum Gasteiger partial charge on any atom is 0.0233 e. The first-order chi connectivity index (χ1) is 8.43. The van der Waals surface area contributed by atoms with Crippen LogP contribution in [-0.4, -0.2) is 25.0 Å². The summed E-state index contributed by atoms with van der Waals surface area (Å²) in [5.41, 5.74) is 9.98. The molecule has 0 amide bonds. The van der Waals surface area contributed by atoms with Gasteiger partial charge in [0, 0.05) is 13.1 Å². The molecule has 0 spiro atoms. The smallest absolute Gasteiger partial charge is 0.0233 e. The quantitative estimate of drug-likeness (QED) is 0.838. The first kappa shape index (κ1) is 15.2. The second-order valence-corrected chi connectivity index (χ2v) is 5.87. The first-order valence-corrected chi connectivity index (χ1v) is 6.88. The van der Waals surface area contributed by atoms with Crippen LogP contribution in [0.4, 0.5) is 0 Å². The van der Waals surface area contributed by atoms with Gasteiger partial charge in [0.15, 0.2) is 0 Å². The molecule has 0 aliphatic heterocycles. The van der Waals surface area contributed by atoms with Gasteiger partial charge in [-0.1, -0.05) is 37.6 Å². The van der Waals surface area contributed by atoms with Crippen molar-refractivity contribution >= 4 is 0 Å². The Morgan fingerprint density at radius 2 is 1.89 bits per heavy atom. The molecule has 0 saturated heterocycles. The van der Waals surface area contributed by atoms with Crippen molar-refractivity contribution in [2.24, 2.45) is 17.6 Å². The molecule has 1 unspecified atom stereocenters. The van der Waals surface area contributed by atoms with Crippen LogP contribution in [0.5, 0.6) is 0 Å². The molecule has 18 heavy (non-hydrogen) atoms. The third-order valence-electron chi connectivity index (χ3n) is 3.74. The largest absolute Gasteiger partial charge is 0.330 e. The van der Waals surface area contributed by atoms with Crippen LogP contribution in [0.2, 0.25) is 0 Å². The van der Waals surface area contributed by atoms with Gasteiger partial charge in [0.2, 0.25) is 0 Å². The minimum Gasteiger partial charge on any atom is -0.330 e. The number of rotatable bonds is 6. The molecule has 102 valence electrons. The third kappa shape index (κ3) is 4.43. The van der Waals surface area contributed by atoms with Gasteiger partial charge in [-0.15, -0.1) is 0 Å². The SMILES string of the molecule is Cc1ccc(C)c(CN(C)CC(CN)C(C)C)c1. The summed E-state index contributed by atoms with van der Waals surface area (Å²) in [4.78, 5) is 2.39. The molecule has 2 nitrogen and oxygen atoms in total. The van der Waals surface area contributed by atoms with E-state index in [2.05, 4.69) is 57.8 Å². The van der Waals surface area contributed by atoms with E-state index in [1.165, 1.54) is 16.7 Å². The minimum atomic E-state index is 0.583. The molecule has 1 aromatic rings. The van der Waals surface area contributed by atoms with E-state index in [1.54, 1.807) is 0 Å². The van der Waals surface area contributed by atoms with E-state index in [4.69, 9.17) is 5.73 Å². The normalized spacial score (nSPS) is 13.3. The van der Waals surface area contributed by atoms with Gasteiger partial charge in [0.25, 0.3) is 0 Å². The molecule has 0 fully saturated rings. The molecule has 0 aliphatic rings. The average molecular weight is 248 g/mol. The Bertz CT molecular complexity index is 371. The zero-order valence-corrected chi connectivity index (χ0v) is 12.5. The second-order valence-electron chi connectivity index (χ2n) is 5.87. The Hall–Kier alpha value is -0.860. The number of aryl methyl sites for hydroxylation is 2. The maximum atomic E-state index is 5.84. The summed E-state index contributed by atoms with van der Waals surface area (Å²) in [6.45, 7) is 11.7. The lowest BCUT2D eigenvalue weighted by Gasteiger charge is -2.26. The van der Waals surface area contributed by atoms with Crippen LogP contribution >= 0.6 is 0 Å². The predicted molar refractivity (Wildman–Crippen MR) is 79.6 cm³/mol. The molecular formula is C16H28N2. The highest BCUT2D eigenvalue weighted by atomic mass is 15.1. The van der Waals surface area contributed by atoms with Crippen LogP contribution in [-0.2, 0) is 6.54 Å². The van der Waals surface area contributed by atoms with Crippen molar-refractivity contribution in [1.29, 1.82) is 0 Å². The van der Waals surface area contributed by atoms with Crippen LogP contribution in [0.25, 0.3) is 0 Å². The zero-order chi connectivity index (χ0) is 13.7. The van der Waals surface area contributed by atoms with E-state index >= 15 is 0 Å². The Kier molecular flexibility index (Phi) is 5.83. The van der Waals surface area contributed by atoms with Crippen LogP contribution < -0.4 is 5.73 Å². The fraction of sp³-hybridized carbons (Fsp3) is 0.625. The summed E-state index contributed by atoms with van der Waals surface area (Å²) >= 11 is 0. The predicted octanol–water partition coefficient (Wildman–Crippen LogP) is 2.97. The molecule has 2 N–H and O–H groups in total. The molecule has 1 rings (SSSR count). The summed E-state index contributed by atoms with van der Waals surface area (Å²) in [6, 6.07) is 6.68. The number of hydrogen-bond donors (Lipinski definition) is 1. The van der Waals surface area contributed by atoms with Gasteiger partial charge in [-0.3, -0.25) is 0 Å². The highest BCUT2D eigenvalue weighted by Gasteiger charge is 2.14. The average Bonchev–Trinajstić information content (AvgIpc) is 2.30. The van der Waals surface area contributed by atoms with Crippen LogP contribution in [0.15, 0.2) is 18.2 Å². The lowest BCUT2D eigenvalue weighted by Crippen LogP contribution is -2.33. The minimum absolute atomic E-state index is 0.583. The van der Waals surface area contributed by atoms with Gasteiger partial charge in [-0.05, 0) is 50.4 Å². The monoisotopic (exact) mass is 248 g/mol. The van der Waals surface area contributed by atoms with E-state index in [0.29, 0.717) is 11.8 Å². The van der Waals surface area contributed by atoms with Crippen molar-refractivity contribution in [2.45, 2.75) is 34.2 Å². The Morgan fingerprint density at radius 1 is 1.22 bits per heavy atom. The second kappa shape index (κ2) is 6.91. The molecule has 1 atom stereocenters. The van der Waals surface area contributed by atoms with Gasteiger partial charge in [-0.2, -0.15) is 0 Å². The Labute approximate surface area is 112 Å². The van der Waals surface area contributed by atoms with E-state index in [0.717, 1.165) is 19.6 Å². The standard InChI is InChI=1S/C16H28N2/c1-12(2)16(9-17)11-18(5)10-15-8-13(3)6-7-14(15)4/h6-8,12,16H,9-11,17H2,1-5H3. The topological polar surface area (TPSA) is 29.3 Å². The zero-order valence-electron chi connectivity index (χ0n) is 12.5. The van der Waals surface area contributed by atoms with Crippen molar-refractivity contribution < 1.29 is 0 Å². The molecule has 0 aromatic heterocycles. The van der Waals surface area contributed by atoms with Gasteiger partial charge in [0.1, 0.15) is 0 Å². The molecule has 0 aliphatic carbocycles. The Balaban J connectivity index is 2.63. The molecule has 0 bridgehead atoms. The van der Waals surface area contributed by atoms with Crippen molar-refractivity contribution in [2.75, 3.05) is 20.1 Å². The van der Waals surface area contributed by atoms with Gasteiger partial charge in [0.05, 0.1) is 0 Å². The van der Waals surface area contributed by atoms with Crippen molar-refractivity contribution in [3.8, 4) is 0 Å². The number of nitrogens with two attached hydrogens (primary N) is 1. The van der Waals surface area contributed by atoms with Crippen LogP contribution in [0, 0.1) is 25.7 Å². The molecule has 0 radical (unpaired) electrons. The summed E-state index contributed by atoms with van der Waals surface area (Å²) in [6.07, 6.45) is 0. The van der Waals surface area contributed by atoms with Crippen molar-refractivity contribution in [3.63, 3.8) is 0 Å².